The average molecular weight is 479 g/mol. The van der Waals surface area contributed by atoms with Gasteiger partial charge >= 0.3 is 0 Å². The van der Waals surface area contributed by atoms with Gasteiger partial charge in [0.1, 0.15) is 5.82 Å². The summed E-state index contributed by atoms with van der Waals surface area (Å²) in [6.07, 6.45) is 6.95. The molecule has 1 amide bonds. The lowest BCUT2D eigenvalue weighted by atomic mass is 9.89. The van der Waals surface area contributed by atoms with Gasteiger partial charge in [-0.25, -0.2) is 8.70 Å². The number of hydrogen-bond acceptors (Lipinski definition) is 5. The lowest BCUT2D eigenvalue weighted by Crippen LogP contribution is -2.46. The predicted molar refractivity (Wildman–Crippen MR) is 138 cm³/mol. The Labute approximate surface area is 205 Å². The molecular weight excluding hydrogens is 447 g/mol. The summed E-state index contributed by atoms with van der Waals surface area (Å²) >= 11 is 1.72. The molecule has 0 saturated carbocycles. The standard InChI is InChI=1S/C27H31FN4OS/c1-34-32-15-13-31(14-16-32)27(33)24-19-29-25-8-7-22(28)18-23(25)26(24)30-11-9-21(10-12-30)17-20-5-3-2-4-6-20/h2-8,18-19,21H,9-17H2,1H3. The van der Waals surface area contributed by atoms with Gasteiger partial charge in [-0.1, -0.05) is 42.3 Å². The van der Waals surface area contributed by atoms with E-state index in [-0.39, 0.29) is 11.7 Å². The first-order valence-corrected chi connectivity index (χ1v) is 13.3. The number of pyridine rings is 1. The van der Waals surface area contributed by atoms with Gasteiger partial charge in [0.2, 0.25) is 0 Å². The third-order valence-corrected chi connectivity index (χ3v) is 8.00. The minimum atomic E-state index is -0.298. The number of halogens is 1. The lowest BCUT2D eigenvalue weighted by Gasteiger charge is -2.37. The number of carbonyl (C=O) groups is 1. The molecule has 5 nitrogen and oxygen atoms in total. The van der Waals surface area contributed by atoms with Crippen LogP contribution in [0, 0.1) is 11.7 Å². The van der Waals surface area contributed by atoms with Crippen molar-refractivity contribution in [1.82, 2.24) is 14.2 Å². The number of anilines is 1. The normalized spacial score (nSPS) is 17.9. The second-order valence-corrected chi connectivity index (χ2v) is 10.1. The largest absolute Gasteiger partial charge is 0.370 e. The molecule has 2 aliphatic heterocycles. The summed E-state index contributed by atoms with van der Waals surface area (Å²) in [6, 6.07) is 15.3. The summed E-state index contributed by atoms with van der Waals surface area (Å²) in [6.45, 7) is 4.80. The highest BCUT2D eigenvalue weighted by Gasteiger charge is 2.29. The van der Waals surface area contributed by atoms with Gasteiger partial charge in [-0.2, -0.15) is 0 Å². The Morgan fingerprint density at radius 3 is 2.47 bits per heavy atom. The quantitative estimate of drug-likeness (QED) is 0.490. The van der Waals surface area contributed by atoms with E-state index in [0.29, 0.717) is 24.6 Å². The van der Waals surface area contributed by atoms with Crippen LogP contribution in [0.15, 0.2) is 54.7 Å². The Balaban J connectivity index is 1.41. The molecule has 2 fully saturated rings. The van der Waals surface area contributed by atoms with Gasteiger partial charge in [-0.3, -0.25) is 9.78 Å². The van der Waals surface area contributed by atoms with Crippen molar-refractivity contribution in [2.24, 2.45) is 5.92 Å². The Morgan fingerprint density at radius 1 is 1.03 bits per heavy atom. The summed E-state index contributed by atoms with van der Waals surface area (Å²) in [7, 11) is 0. The molecule has 2 saturated heterocycles. The number of fused-ring (bicyclic) bond motifs is 1. The van der Waals surface area contributed by atoms with Crippen LogP contribution in [-0.4, -0.2) is 65.6 Å². The first kappa shape index (κ1) is 23.1. The number of carbonyl (C=O) groups excluding carboxylic acids is 1. The second-order valence-electron chi connectivity index (χ2n) is 9.21. The van der Waals surface area contributed by atoms with Crippen LogP contribution in [0.25, 0.3) is 10.9 Å². The zero-order valence-electron chi connectivity index (χ0n) is 19.6. The number of hydrogen-bond donors (Lipinski definition) is 0. The molecule has 2 aromatic carbocycles. The fourth-order valence-corrected chi connectivity index (χ4v) is 5.73. The molecule has 0 atom stereocenters. The van der Waals surface area contributed by atoms with Crippen molar-refractivity contribution < 1.29 is 9.18 Å². The monoisotopic (exact) mass is 478 g/mol. The minimum Gasteiger partial charge on any atom is -0.370 e. The average Bonchev–Trinajstić information content (AvgIpc) is 2.89. The molecule has 3 aromatic rings. The van der Waals surface area contributed by atoms with Crippen LogP contribution in [-0.2, 0) is 6.42 Å². The number of aromatic nitrogens is 1. The highest BCUT2D eigenvalue weighted by atomic mass is 32.2. The van der Waals surface area contributed by atoms with Crippen molar-refractivity contribution in [3.05, 3.63) is 71.7 Å². The molecule has 7 heteroatoms. The molecule has 178 valence electrons. The van der Waals surface area contributed by atoms with Crippen LogP contribution in [0.3, 0.4) is 0 Å². The third-order valence-electron chi connectivity index (χ3n) is 7.11. The van der Waals surface area contributed by atoms with Gasteiger partial charge < -0.3 is 9.80 Å². The molecular formula is C27H31FN4OS. The second kappa shape index (κ2) is 10.3. The van der Waals surface area contributed by atoms with Gasteiger partial charge in [0.15, 0.2) is 0 Å². The fourth-order valence-electron chi connectivity index (χ4n) is 5.20. The molecule has 2 aliphatic rings. The molecule has 0 aliphatic carbocycles. The summed E-state index contributed by atoms with van der Waals surface area (Å²) in [5, 5.41) is 0.732. The SMILES string of the molecule is CSN1CCN(C(=O)c2cnc3ccc(F)cc3c2N2CCC(Cc3ccccc3)CC2)CC1. The Kier molecular flexibility index (Phi) is 7.02. The van der Waals surface area contributed by atoms with Gasteiger partial charge in [-0.05, 0) is 55.2 Å². The van der Waals surface area contributed by atoms with Crippen molar-refractivity contribution in [3.8, 4) is 0 Å². The Morgan fingerprint density at radius 2 is 1.76 bits per heavy atom. The summed E-state index contributed by atoms with van der Waals surface area (Å²) in [5.74, 6) is 0.316. The number of benzene rings is 2. The first-order chi connectivity index (χ1) is 16.6. The maximum absolute atomic E-state index is 14.3. The fraction of sp³-hybridized carbons (Fsp3) is 0.407. The smallest absolute Gasteiger partial charge is 0.257 e. The van der Waals surface area contributed by atoms with E-state index < -0.39 is 0 Å². The highest BCUT2D eigenvalue weighted by molar-refractivity contribution is 7.96. The zero-order chi connectivity index (χ0) is 23.5. The van der Waals surface area contributed by atoms with E-state index in [0.717, 1.165) is 62.0 Å². The molecule has 5 rings (SSSR count). The maximum Gasteiger partial charge on any atom is 0.257 e. The van der Waals surface area contributed by atoms with Crippen LogP contribution in [0.1, 0.15) is 28.8 Å². The Bertz CT molecular complexity index is 1140. The van der Waals surface area contributed by atoms with Crippen LogP contribution in [0.2, 0.25) is 0 Å². The van der Waals surface area contributed by atoms with E-state index >= 15 is 0 Å². The third kappa shape index (κ3) is 4.91. The number of rotatable bonds is 5. The van der Waals surface area contributed by atoms with E-state index in [2.05, 4.69) is 50.8 Å². The van der Waals surface area contributed by atoms with Crippen LogP contribution < -0.4 is 4.90 Å². The maximum atomic E-state index is 14.3. The van der Waals surface area contributed by atoms with Crippen LogP contribution in [0.4, 0.5) is 10.1 Å². The van der Waals surface area contributed by atoms with Gasteiger partial charge in [0, 0.05) is 50.9 Å². The number of nitrogens with zero attached hydrogens (tertiary/aromatic N) is 4. The van der Waals surface area contributed by atoms with E-state index in [1.165, 1.54) is 17.7 Å². The zero-order valence-corrected chi connectivity index (χ0v) is 20.4. The van der Waals surface area contributed by atoms with E-state index in [1.54, 1.807) is 24.2 Å². The highest BCUT2D eigenvalue weighted by Crippen LogP contribution is 2.35. The van der Waals surface area contributed by atoms with E-state index in [9.17, 15) is 9.18 Å². The molecule has 0 bridgehead atoms. The summed E-state index contributed by atoms with van der Waals surface area (Å²) in [4.78, 5) is 22.4. The summed E-state index contributed by atoms with van der Waals surface area (Å²) < 4.78 is 16.6. The number of piperazine rings is 1. The molecule has 1 aromatic heterocycles. The van der Waals surface area contributed by atoms with Crippen LogP contribution >= 0.6 is 11.9 Å². The molecule has 0 spiro atoms. The van der Waals surface area contributed by atoms with Crippen molar-refractivity contribution in [2.45, 2.75) is 19.3 Å². The van der Waals surface area contributed by atoms with E-state index in [1.807, 2.05) is 4.90 Å². The van der Waals surface area contributed by atoms with Crippen LogP contribution in [0.5, 0.6) is 0 Å². The van der Waals surface area contributed by atoms with Gasteiger partial charge in [0.25, 0.3) is 5.91 Å². The minimum absolute atomic E-state index is 0.000762. The van der Waals surface area contributed by atoms with Gasteiger partial charge in [-0.15, -0.1) is 0 Å². The molecule has 0 N–H and O–H groups in total. The van der Waals surface area contributed by atoms with Gasteiger partial charge in [0.05, 0.1) is 16.8 Å². The van der Waals surface area contributed by atoms with Crippen molar-refractivity contribution in [3.63, 3.8) is 0 Å². The van der Waals surface area contributed by atoms with E-state index in [4.69, 9.17) is 0 Å². The van der Waals surface area contributed by atoms with Crippen molar-refractivity contribution in [2.75, 3.05) is 50.4 Å². The Hall–Kier alpha value is -2.64. The molecule has 3 heterocycles. The van der Waals surface area contributed by atoms with Crippen molar-refractivity contribution in [1.29, 1.82) is 0 Å². The predicted octanol–water partition coefficient (Wildman–Crippen LogP) is 4.87. The number of amides is 1. The number of piperidine rings is 1. The molecule has 34 heavy (non-hydrogen) atoms. The first-order valence-electron chi connectivity index (χ1n) is 12.1. The summed E-state index contributed by atoms with van der Waals surface area (Å²) in [5.41, 5.74) is 3.54. The molecule has 0 unspecified atom stereocenters. The topological polar surface area (TPSA) is 39.7 Å². The van der Waals surface area contributed by atoms with Crippen molar-refractivity contribution >= 4 is 34.4 Å². The lowest BCUT2D eigenvalue weighted by molar-refractivity contribution is 0.0704. The molecule has 0 radical (unpaired) electrons.